The van der Waals surface area contributed by atoms with Gasteiger partial charge in [-0.1, -0.05) is 29.8 Å². The zero-order chi connectivity index (χ0) is 13.9. The van der Waals surface area contributed by atoms with E-state index in [2.05, 4.69) is 4.98 Å². The van der Waals surface area contributed by atoms with Gasteiger partial charge in [0.2, 0.25) is 0 Å². The van der Waals surface area contributed by atoms with E-state index in [1.54, 1.807) is 24.3 Å². The van der Waals surface area contributed by atoms with Crippen molar-refractivity contribution in [1.29, 1.82) is 0 Å². The number of carbonyl (C=O) groups is 1. The smallest absolute Gasteiger partial charge is 0.200 e. The van der Waals surface area contributed by atoms with Crippen LogP contribution in [0.5, 0.6) is 5.88 Å². The minimum absolute atomic E-state index is 0.00550. The molecule has 1 aromatic heterocycles. The highest BCUT2D eigenvalue weighted by Crippen LogP contribution is 2.20. The van der Waals surface area contributed by atoms with Gasteiger partial charge in [-0.25, -0.2) is 0 Å². The molecule has 0 aliphatic heterocycles. The number of rotatable bonds is 4. The molecule has 4 heteroatoms. The van der Waals surface area contributed by atoms with Gasteiger partial charge < -0.3 is 9.72 Å². The number of halogens is 1. The van der Waals surface area contributed by atoms with Gasteiger partial charge in [-0.3, -0.25) is 4.79 Å². The number of para-hydroxylation sites is 1. The Morgan fingerprint density at radius 1 is 1.10 bits per heavy atom. The molecule has 0 radical (unpaired) electrons. The van der Waals surface area contributed by atoms with Gasteiger partial charge in [-0.15, -0.1) is 0 Å². The maximum absolute atomic E-state index is 12.0. The van der Waals surface area contributed by atoms with Crippen molar-refractivity contribution in [3.63, 3.8) is 0 Å². The second kappa shape index (κ2) is 5.39. The van der Waals surface area contributed by atoms with Crippen LogP contribution in [0.3, 0.4) is 0 Å². The summed E-state index contributed by atoms with van der Waals surface area (Å²) < 4.78 is 5.50. The lowest BCUT2D eigenvalue weighted by molar-refractivity contribution is 0.0918. The summed E-state index contributed by atoms with van der Waals surface area (Å²) in [5.41, 5.74) is 1.58. The van der Waals surface area contributed by atoms with E-state index in [-0.39, 0.29) is 12.4 Å². The Morgan fingerprint density at radius 3 is 2.60 bits per heavy atom. The summed E-state index contributed by atoms with van der Waals surface area (Å²) in [6.45, 7) is -0.00550. The molecule has 0 saturated carbocycles. The lowest BCUT2D eigenvalue weighted by Crippen LogP contribution is -2.11. The highest BCUT2D eigenvalue weighted by molar-refractivity contribution is 6.30. The average molecular weight is 286 g/mol. The third kappa shape index (κ3) is 2.68. The Labute approximate surface area is 121 Å². The SMILES string of the molecule is O=C(COc1cc2ccccc2[nH]1)c1ccc(Cl)cc1. The number of hydrogen-bond acceptors (Lipinski definition) is 2. The van der Waals surface area contributed by atoms with E-state index < -0.39 is 0 Å². The number of H-pyrrole nitrogens is 1. The molecule has 1 N–H and O–H groups in total. The molecule has 0 aliphatic rings. The van der Waals surface area contributed by atoms with E-state index in [4.69, 9.17) is 16.3 Å². The van der Waals surface area contributed by atoms with Crippen LogP contribution in [0.25, 0.3) is 10.9 Å². The van der Waals surface area contributed by atoms with E-state index >= 15 is 0 Å². The summed E-state index contributed by atoms with van der Waals surface area (Å²) in [6, 6.07) is 16.5. The maximum Gasteiger partial charge on any atom is 0.200 e. The van der Waals surface area contributed by atoms with Crippen LogP contribution in [-0.2, 0) is 0 Å². The molecule has 3 rings (SSSR count). The molecule has 0 saturated heterocycles. The monoisotopic (exact) mass is 285 g/mol. The molecule has 0 aliphatic carbocycles. The Balaban J connectivity index is 1.69. The van der Waals surface area contributed by atoms with Crippen LogP contribution < -0.4 is 4.74 Å². The van der Waals surface area contributed by atoms with E-state index in [1.165, 1.54) is 0 Å². The highest BCUT2D eigenvalue weighted by Gasteiger charge is 2.08. The summed E-state index contributed by atoms with van der Waals surface area (Å²) in [6.07, 6.45) is 0. The Morgan fingerprint density at radius 2 is 1.85 bits per heavy atom. The molecule has 3 aromatic rings. The van der Waals surface area contributed by atoms with E-state index in [1.807, 2.05) is 30.3 Å². The number of benzene rings is 2. The summed E-state index contributed by atoms with van der Waals surface area (Å²) in [5.74, 6) is 0.508. The van der Waals surface area contributed by atoms with E-state index in [9.17, 15) is 4.79 Å². The quantitative estimate of drug-likeness (QED) is 0.734. The Bertz CT molecular complexity index is 714. The average Bonchev–Trinajstić information content (AvgIpc) is 2.88. The first-order valence-electron chi connectivity index (χ1n) is 6.22. The lowest BCUT2D eigenvalue weighted by Gasteiger charge is -2.03. The van der Waals surface area contributed by atoms with Gasteiger partial charge in [0.15, 0.2) is 18.3 Å². The van der Waals surface area contributed by atoms with Crippen molar-refractivity contribution < 1.29 is 9.53 Å². The van der Waals surface area contributed by atoms with Crippen molar-refractivity contribution in [3.05, 3.63) is 65.2 Å². The zero-order valence-electron chi connectivity index (χ0n) is 10.6. The van der Waals surface area contributed by atoms with E-state index in [0.717, 1.165) is 10.9 Å². The minimum atomic E-state index is -0.0830. The van der Waals surface area contributed by atoms with Crippen molar-refractivity contribution in [2.75, 3.05) is 6.61 Å². The summed E-state index contributed by atoms with van der Waals surface area (Å²) >= 11 is 5.79. The molecule has 2 aromatic carbocycles. The van der Waals surface area contributed by atoms with Crippen molar-refractivity contribution >= 4 is 28.3 Å². The standard InChI is InChI=1S/C16H12ClNO2/c17-13-7-5-11(6-8-13)15(19)10-20-16-9-12-3-1-2-4-14(12)18-16/h1-9,18H,10H2. The number of aromatic nitrogens is 1. The summed E-state index contributed by atoms with van der Waals surface area (Å²) in [7, 11) is 0. The van der Waals surface area contributed by atoms with Gasteiger partial charge in [0, 0.05) is 27.6 Å². The number of carbonyl (C=O) groups excluding carboxylic acids is 1. The molecular weight excluding hydrogens is 274 g/mol. The number of ketones is 1. The molecule has 0 bridgehead atoms. The number of hydrogen-bond donors (Lipinski definition) is 1. The largest absolute Gasteiger partial charge is 0.471 e. The van der Waals surface area contributed by atoms with Crippen LogP contribution in [0.1, 0.15) is 10.4 Å². The highest BCUT2D eigenvalue weighted by atomic mass is 35.5. The normalized spacial score (nSPS) is 10.7. The van der Waals surface area contributed by atoms with Gasteiger partial charge in [0.1, 0.15) is 0 Å². The molecule has 0 unspecified atom stereocenters. The van der Waals surface area contributed by atoms with Gasteiger partial charge >= 0.3 is 0 Å². The van der Waals surface area contributed by atoms with Crippen molar-refractivity contribution in [1.82, 2.24) is 4.98 Å². The first-order valence-corrected chi connectivity index (χ1v) is 6.59. The molecule has 0 fully saturated rings. The molecule has 100 valence electrons. The number of nitrogens with one attached hydrogen (secondary N) is 1. The number of Topliss-reactive ketones (excluding diaryl/α,β-unsaturated/α-hetero) is 1. The van der Waals surface area contributed by atoms with Crippen molar-refractivity contribution in [2.24, 2.45) is 0 Å². The minimum Gasteiger partial charge on any atom is -0.471 e. The lowest BCUT2D eigenvalue weighted by atomic mass is 10.1. The summed E-state index contributed by atoms with van der Waals surface area (Å²) in [5, 5.41) is 1.67. The van der Waals surface area contributed by atoms with Crippen LogP contribution in [0.15, 0.2) is 54.6 Å². The third-order valence-corrected chi connectivity index (χ3v) is 3.28. The topological polar surface area (TPSA) is 42.1 Å². The summed E-state index contributed by atoms with van der Waals surface area (Å²) in [4.78, 5) is 15.1. The van der Waals surface area contributed by atoms with Crippen LogP contribution in [0.4, 0.5) is 0 Å². The molecular formula is C16H12ClNO2. The van der Waals surface area contributed by atoms with Crippen LogP contribution in [0, 0.1) is 0 Å². The molecule has 0 atom stereocenters. The van der Waals surface area contributed by atoms with E-state index in [0.29, 0.717) is 16.5 Å². The number of fused-ring (bicyclic) bond motifs is 1. The fourth-order valence-corrected chi connectivity index (χ4v) is 2.11. The molecule has 3 nitrogen and oxygen atoms in total. The van der Waals surface area contributed by atoms with Crippen molar-refractivity contribution in [3.8, 4) is 5.88 Å². The van der Waals surface area contributed by atoms with Gasteiger partial charge in [-0.2, -0.15) is 0 Å². The zero-order valence-corrected chi connectivity index (χ0v) is 11.4. The molecule has 0 amide bonds. The second-order valence-electron chi connectivity index (χ2n) is 4.44. The Hall–Kier alpha value is -2.26. The third-order valence-electron chi connectivity index (χ3n) is 3.03. The van der Waals surface area contributed by atoms with Crippen LogP contribution in [0.2, 0.25) is 5.02 Å². The predicted molar refractivity (Wildman–Crippen MR) is 79.6 cm³/mol. The van der Waals surface area contributed by atoms with Crippen molar-refractivity contribution in [2.45, 2.75) is 0 Å². The van der Waals surface area contributed by atoms with Crippen LogP contribution >= 0.6 is 11.6 Å². The first kappa shape index (κ1) is 12.8. The van der Waals surface area contributed by atoms with Gasteiger partial charge in [0.25, 0.3) is 0 Å². The van der Waals surface area contributed by atoms with Gasteiger partial charge in [-0.05, 0) is 30.3 Å². The van der Waals surface area contributed by atoms with Crippen LogP contribution in [-0.4, -0.2) is 17.4 Å². The van der Waals surface area contributed by atoms with Gasteiger partial charge in [0.05, 0.1) is 0 Å². The number of ether oxygens (including phenoxy) is 1. The second-order valence-corrected chi connectivity index (χ2v) is 4.88. The fraction of sp³-hybridized carbons (Fsp3) is 0.0625. The fourth-order valence-electron chi connectivity index (χ4n) is 1.99. The Kier molecular flexibility index (Phi) is 3.44. The molecule has 1 heterocycles. The number of aromatic amines is 1. The maximum atomic E-state index is 12.0. The predicted octanol–water partition coefficient (Wildman–Crippen LogP) is 4.08. The molecule has 20 heavy (non-hydrogen) atoms. The first-order chi connectivity index (χ1) is 9.72. The molecule has 0 spiro atoms.